The number of hydrogen-bond donors (Lipinski definition) is 0. The van der Waals surface area contributed by atoms with Gasteiger partial charge in [-0.25, -0.2) is 9.69 Å². The fourth-order valence-electron chi connectivity index (χ4n) is 2.77. The van der Waals surface area contributed by atoms with Crippen LogP contribution in [0.5, 0.6) is 11.5 Å². The lowest BCUT2D eigenvalue weighted by Crippen LogP contribution is -2.42. The van der Waals surface area contributed by atoms with Crippen LogP contribution in [-0.4, -0.2) is 72.8 Å². The standard InChI is InChI=1S/C19H23N3O6/c1-6-7-21-17(24)18(25)22(19(21)26)11-16(23)20(3)10-13-9-15(28-5)14(27-4)8-12(13)2/h6,8-9H,1,7,10-11H2,2-5H3. The van der Waals surface area contributed by atoms with Gasteiger partial charge in [-0.05, 0) is 30.2 Å². The van der Waals surface area contributed by atoms with E-state index in [9.17, 15) is 19.2 Å². The minimum absolute atomic E-state index is 0.0885. The first kappa shape index (κ1) is 20.9. The van der Waals surface area contributed by atoms with Crippen LogP contribution in [0.4, 0.5) is 4.79 Å². The van der Waals surface area contributed by atoms with Crippen LogP contribution in [0, 0.1) is 6.92 Å². The van der Waals surface area contributed by atoms with E-state index < -0.39 is 30.3 Å². The predicted molar refractivity (Wildman–Crippen MR) is 99.8 cm³/mol. The molecule has 1 aliphatic heterocycles. The Morgan fingerprint density at radius 2 is 1.68 bits per heavy atom. The summed E-state index contributed by atoms with van der Waals surface area (Å²) in [5, 5.41) is 0. The highest BCUT2D eigenvalue weighted by molar-refractivity contribution is 6.45. The molecule has 1 aromatic rings. The third-order valence-corrected chi connectivity index (χ3v) is 4.42. The Hall–Kier alpha value is -3.36. The number of carbonyl (C=O) groups excluding carboxylic acids is 4. The molecule has 0 bridgehead atoms. The van der Waals surface area contributed by atoms with Gasteiger partial charge in [0.05, 0.1) is 14.2 Å². The van der Waals surface area contributed by atoms with Gasteiger partial charge in [-0.15, -0.1) is 6.58 Å². The second-order valence-electron chi connectivity index (χ2n) is 6.26. The molecule has 1 heterocycles. The molecule has 0 aliphatic carbocycles. The average molecular weight is 389 g/mol. The topological polar surface area (TPSA) is 96.5 Å². The summed E-state index contributed by atoms with van der Waals surface area (Å²) in [6, 6.07) is 2.74. The van der Waals surface area contributed by atoms with Crippen LogP contribution in [-0.2, 0) is 20.9 Å². The minimum Gasteiger partial charge on any atom is -0.493 e. The molecule has 9 heteroatoms. The Morgan fingerprint density at radius 3 is 2.25 bits per heavy atom. The van der Waals surface area contributed by atoms with E-state index in [2.05, 4.69) is 6.58 Å². The number of hydrogen-bond acceptors (Lipinski definition) is 6. The van der Waals surface area contributed by atoms with E-state index in [-0.39, 0.29) is 13.1 Å². The number of ether oxygens (including phenoxy) is 2. The maximum Gasteiger partial charge on any atom is 0.335 e. The summed E-state index contributed by atoms with van der Waals surface area (Å²) in [7, 11) is 4.60. The average Bonchev–Trinajstić information content (AvgIpc) is 2.87. The molecule has 2 rings (SSSR count). The smallest absolute Gasteiger partial charge is 0.335 e. The number of methoxy groups -OCH3 is 2. The molecule has 0 atom stereocenters. The van der Waals surface area contributed by atoms with Crippen molar-refractivity contribution < 1.29 is 28.7 Å². The first-order chi connectivity index (χ1) is 13.2. The Labute approximate surface area is 163 Å². The van der Waals surface area contributed by atoms with Gasteiger partial charge >= 0.3 is 17.8 Å². The van der Waals surface area contributed by atoms with Crippen molar-refractivity contribution in [3.63, 3.8) is 0 Å². The summed E-state index contributed by atoms with van der Waals surface area (Å²) in [5.74, 6) is -1.36. The van der Waals surface area contributed by atoms with Gasteiger partial charge in [-0.3, -0.25) is 19.3 Å². The monoisotopic (exact) mass is 389 g/mol. The summed E-state index contributed by atoms with van der Waals surface area (Å²) in [4.78, 5) is 51.4. The summed E-state index contributed by atoms with van der Waals surface area (Å²) >= 11 is 0. The van der Waals surface area contributed by atoms with Crippen LogP contribution >= 0.6 is 0 Å². The van der Waals surface area contributed by atoms with E-state index in [1.165, 1.54) is 25.2 Å². The van der Waals surface area contributed by atoms with E-state index in [0.29, 0.717) is 16.4 Å². The molecule has 0 saturated carbocycles. The molecule has 1 aromatic carbocycles. The van der Waals surface area contributed by atoms with Crippen LogP contribution in [0.1, 0.15) is 11.1 Å². The summed E-state index contributed by atoms with van der Waals surface area (Å²) in [5.41, 5.74) is 1.70. The zero-order valence-corrected chi connectivity index (χ0v) is 16.4. The maximum absolute atomic E-state index is 12.5. The lowest BCUT2D eigenvalue weighted by Gasteiger charge is -2.22. The number of amides is 5. The number of urea groups is 1. The van der Waals surface area contributed by atoms with E-state index >= 15 is 0 Å². The second kappa shape index (κ2) is 8.55. The summed E-state index contributed by atoms with van der Waals surface area (Å²) in [6.45, 7) is 4.94. The van der Waals surface area contributed by atoms with Crippen LogP contribution in [0.25, 0.3) is 0 Å². The highest BCUT2D eigenvalue weighted by Crippen LogP contribution is 2.30. The van der Waals surface area contributed by atoms with Crippen molar-refractivity contribution in [2.24, 2.45) is 0 Å². The van der Waals surface area contributed by atoms with Crippen LogP contribution in [0.2, 0.25) is 0 Å². The second-order valence-corrected chi connectivity index (χ2v) is 6.26. The van der Waals surface area contributed by atoms with Crippen molar-refractivity contribution in [1.82, 2.24) is 14.7 Å². The molecule has 9 nitrogen and oxygen atoms in total. The van der Waals surface area contributed by atoms with Crippen molar-refractivity contribution in [1.29, 1.82) is 0 Å². The number of carbonyl (C=O) groups is 4. The Kier molecular flexibility index (Phi) is 6.40. The zero-order chi connectivity index (χ0) is 21.0. The van der Waals surface area contributed by atoms with Gasteiger partial charge in [-0.1, -0.05) is 6.08 Å². The van der Waals surface area contributed by atoms with Crippen LogP contribution < -0.4 is 9.47 Å². The van der Waals surface area contributed by atoms with Gasteiger partial charge in [0, 0.05) is 20.1 Å². The highest BCUT2D eigenvalue weighted by Gasteiger charge is 2.44. The Balaban J connectivity index is 2.12. The molecule has 1 fully saturated rings. The lowest BCUT2D eigenvalue weighted by atomic mass is 10.1. The fraction of sp³-hybridized carbons (Fsp3) is 0.368. The highest BCUT2D eigenvalue weighted by atomic mass is 16.5. The molecular weight excluding hydrogens is 366 g/mol. The molecule has 1 aliphatic rings. The van der Waals surface area contributed by atoms with Gasteiger partial charge in [-0.2, -0.15) is 0 Å². The lowest BCUT2D eigenvalue weighted by molar-refractivity contribution is -0.144. The molecule has 0 aromatic heterocycles. The van der Waals surface area contributed by atoms with Gasteiger partial charge < -0.3 is 14.4 Å². The number of aryl methyl sites for hydroxylation is 1. The Bertz CT molecular complexity index is 835. The maximum atomic E-state index is 12.5. The molecule has 0 unspecified atom stereocenters. The number of rotatable bonds is 8. The molecule has 0 N–H and O–H groups in total. The zero-order valence-electron chi connectivity index (χ0n) is 16.4. The van der Waals surface area contributed by atoms with Crippen molar-refractivity contribution in [2.45, 2.75) is 13.5 Å². The number of likely N-dealkylation sites (N-methyl/N-ethyl adjacent to an activating group) is 1. The molecule has 28 heavy (non-hydrogen) atoms. The molecule has 0 spiro atoms. The summed E-state index contributed by atoms with van der Waals surface area (Å²) in [6.07, 6.45) is 1.33. The predicted octanol–water partition coefficient (Wildman–Crippen LogP) is 0.947. The first-order valence-electron chi connectivity index (χ1n) is 8.48. The van der Waals surface area contributed by atoms with Gasteiger partial charge in [0.2, 0.25) is 5.91 Å². The number of benzene rings is 1. The third-order valence-electron chi connectivity index (χ3n) is 4.42. The molecular formula is C19H23N3O6. The van der Waals surface area contributed by atoms with Gasteiger partial charge in [0.1, 0.15) is 6.54 Å². The normalized spacial score (nSPS) is 13.8. The molecule has 150 valence electrons. The van der Waals surface area contributed by atoms with Crippen molar-refractivity contribution in [3.8, 4) is 11.5 Å². The SMILES string of the molecule is C=CCN1C(=O)C(=O)N(CC(=O)N(C)Cc2cc(OC)c(OC)cc2C)C1=O. The molecule has 5 amide bonds. The van der Waals surface area contributed by atoms with E-state index in [1.807, 2.05) is 6.92 Å². The van der Waals surface area contributed by atoms with Crippen LogP contribution in [0.15, 0.2) is 24.8 Å². The van der Waals surface area contributed by atoms with Gasteiger partial charge in [0.25, 0.3) is 0 Å². The number of nitrogens with zero attached hydrogens (tertiary/aromatic N) is 3. The molecule has 0 radical (unpaired) electrons. The fourth-order valence-corrected chi connectivity index (χ4v) is 2.77. The quantitative estimate of drug-likeness (QED) is 0.373. The minimum atomic E-state index is -1.02. The number of imide groups is 2. The summed E-state index contributed by atoms with van der Waals surface area (Å²) < 4.78 is 10.5. The van der Waals surface area contributed by atoms with Crippen molar-refractivity contribution in [3.05, 3.63) is 35.9 Å². The Morgan fingerprint density at radius 1 is 1.11 bits per heavy atom. The van der Waals surface area contributed by atoms with E-state index in [0.717, 1.165) is 16.0 Å². The van der Waals surface area contributed by atoms with E-state index in [4.69, 9.17) is 9.47 Å². The van der Waals surface area contributed by atoms with Crippen LogP contribution in [0.3, 0.4) is 0 Å². The first-order valence-corrected chi connectivity index (χ1v) is 8.48. The largest absolute Gasteiger partial charge is 0.493 e. The van der Waals surface area contributed by atoms with Crippen molar-refractivity contribution in [2.75, 3.05) is 34.4 Å². The van der Waals surface area contributed by atoms with Crippen molar-refractivity contribution >= 4 is 23.8 Å². The third kappa shape index (κ3) is 3.98. The molecule has 1 saturated heterocycles. The van der Waals surface area contributed by atoms with E-state index in [1.54, 1.807) is 19.2 Å². The van der Waals surface area contributed by atoms with Gasteiger partial charge in [0.15, 0.2) is 11.5 Å².